The molecule has 2 aromatic rings. The molecule has 2 atom stereocenters. The Bertz CT molecular complexity index is 1160. The van der Waals surface area contributed by atoms with Crippen molar-refractivity contribution in [3.05, 3.63) is 71.3 Å². The molecule has 1 aliphatic heterocycles. The Balaban J connectivity index is 1.52. The Morgan fingerprint density at radius 2 is 2.00 bits per heavy atom. The molecule has 1 aromatic carbocycles. The molecule has 1 aromatic heterocycles. The first-order valence-electron chi connectivity index (χ1n) is 11.8. The molecule has 7 heteroatoms. The third-order valence-corrected chi connectivity index (χ3v) is 8.27. The number of carbonyl (C=O) groups is 1. The molecule has 180 valence electrons. The number of hydrogen-bond acceptors (Lipinski definition) is 4. The van der Waals surface area contributed by atoms with Gasteiger partial charge >= 0.3 is 0 Å². The van der Waals surface area contributed by atoms with Crippen LogP contribution >= 0.6 is 0 Å². The molecule has 4 rings (SSSR count). The Labute approximate surface area is 201 Å². The number of halogens is 1. The molecule has 0 radical (unpaired) electrons. The second-order valence-electron chi connectivity index (χ2n) is 10.4. The summed E-state index contributed by atoms with van der Waals surface area (Å²) in [6.07, 6.45) is 5.29. The number of rotatable bonds is 6. The molecule has 1 saturated carbocycles. The maximum atomic E-state index is 14.4. The SMILES string of the molecule is C=C(/C=C(\N=NC)c1ccccc1F)[C@@H]1CC[C@@](C)(C(=O)N2CC(c3[nH]ncc3C)C2)C1(C)C. The van der Waals surface area contributed by atoms with Crippen LogP contribution in [-0.4, -0.2) is 41.1 Å². The number of nitrogens with zero attached hydrogens (tertiary/aromatic N) is 4. The number of benzene rings is 1. The van der Waals surface area contributed by atoms with Crippen molar-refractivity contribution in [3.8, 4) is 0 Å². The van der Waals surface area contributed by atoms with E-state index in [0.29, 0.717) is 30.3 Å². The highest BCUT2D eigenvalue weighted by atomic mass is 19.1. The van der Waals surface area contributed by atoms with E-state index in [4.69, 9.17) is 0 Å². The lowest BCUT2D eigenvalue weighted by Gasteiger charge is -2.48. The Morgan fingerprint density at radius 1 is 1.29 bits per heavy atom. The van der Waals surface area contributed by atoms with Crippen LogP contribution in [0.5, 0.6) is 0 Å². The number of azo groups is 1. The molecule has 1 saturated heterocycles. The second kappa shape index (κ2) is 8.93. The minimum absolute atomic E-state index is 0.0715. The number of allylic oxidation sites excluding steroid dienone is 2. The number of nitrogens with one attached hydrogen (secondary N) is 1. The number of hydrogen-bond donors (Lipinski definition) is 1. The van der Waals surface area contributed by atoms with Crippen molar-refractivity contribution >= 4 is 11.6 Å². The van der Waals surface area contributed by atoms with E-state index in [0.717, 1.165) is 29.7 Å². The molecule has 34 heavy (non-hydrogen) atoms. The molecule has 2 aliphatic rings. The lowest BCUT2D eigenvalue weighted by atomic mass is 9.63. The fraction of sp³-hybridized carbons (Fsp3) is 0.481. The smallest absolute Gasteiger partial charge is 0.229 e. The first-order chi connectivity index (χ1) is 16.1. The highest BCUT2D eigenvalue weighted by molar-refractivity contribution is 5.85. The van der Waals surface area contributed by atoms with Gasteiger partial charge < -0.3 is 4.90 Å². The van der Waals surface area contributed by atoms with Gasteiger partial charge in [-0.1, -0.05) is 39.5 Å². The zero-order valence-corrected chi connectivity index (χ0v) is 20.7. The number of H-pyrrole nitrogens is 1. The third kappa shape index (κ3) is 3.91. The average molecular weight is 464 g/mol. The van der Waals surface area contributed by atoms with Crippen molar-refractivity contribution in [2.45, 2.75) is 46.5 Å². The summed E-state index contributed by atoms with van der Waals surface area (Å²) < 4.78 is 14.4. The molecule has 1 N–H and O–H groups in total. The summed E-state index contributed by atoms with van der Waals surface area (Å²) in [4.78, 5) is 15.7. The largest absolute Gasteiger partial charge is 0.341 e. The van der Waals surface area contributed by atoms with Crippen molar-refractivity contribution in [1.29, 1.82) is 0 Å². The quantitative estimate of drug-likeness (QED) is 0.427. The summed E-state index contributed by atoms with van der Waals surface area (Å²) in [5, 5.41) is 15.3. The van der Waals surface area contributed by atoms with Gasteiger partial charge in [0.25, 0.3) is 0 Å². The molecule has 2 fully saturated rings. The van der Waals surface area contributed by atoms with Crippen LogP contribution in [0.15, 0.2) is 58.9 Å². The van der Waals surface area contributed by atoms with E-state index in [1.807, 2.05) is 24.1 Å². The van der Waals surface area contributed by atoms with Gasteiger partial charge in [0, 0.05) is 37.3 Å². The van der Waals surface area contributed by atoms with Crippen LogP contribution in [-0.2, 0) is 4.79 Å². The van der Waals surface area contributed by atoms with Crippen molar-refractivity contribution < 1.29 is 9.18 Å². The lowest BCUT2D eigenvalue weighted by molar-refractivity contribution is -0.152. The number of aryl methyl sites for hydroxylation is 1. The van der Waals surface area contributed by atoms with Gasteiger partial charge in [-0.05, 0) is 60.4 Å². The molecule has 0 bridgehead atoms. The average Bonchev–Trinajstić information content (AvgIpc) is 3.28. The monoisotopic (exact) mass is 463 g/mol. The van der Waals surface area contributed by atoms with Crippen LogP contribution in [0.3, 0.4) is 0 Å². The van der Waals surface area contributed by atoms with Crippen LogP contribution in [0.4, 0.5) is 4.39 Å². The molecule has 1 amide bonds. The molecular formula is C27H34FN5O. The van der Waals surface area contributed by atoms with E-state index in [-0.39, 0.29) is 23.1 Å². The van der Waals surface area contributed by atoms with Crippen LogP contribution in [0.2, 0.25) is 0 Å². The van der Waals surface area contributed by atoms with Crippen molar-refractivity contribution in [2.75, 3.05) is 20.1 Å². The van der Waals surface area contributed by atoms with Gasteiger partial charge in [0.05, 0.1) is 17.3 Å². The standard InChI is InChI=1S/C27H34FN5O/c1-17(13-23(31-29-6)20-9-7-8-10-22(20)28)21-11-12-27(5,26(21,3)4)25(34)33-15-19(16-33)24-18(2)14-30-32-24/h7-10,13-14,19,21H,1,11-12,15-16H2,2-6H3,(H,30,32)/b23-13-,31-29?/t21-,27-/m0/s1. The minimum atomic E-state index is -0.507. The van der Waals surface area contributed by atoms with Gasteiger partial charge in [-0.15, -0.1) is 0 Å². The van der Waals surface area contributed by atoms with Crippen molar-refractivity contribution in [3.63, 3.8) is 0 Å². The lowest BCUT2D eigenvalue weighted by Crippen LogP contribution is -2.56. The van der Waals surface area contributed by atoms with Gasteiger partial charge in [-0.25, -0.2) is 4.39 Å². The van der Waals surface area contributed by atoms with Gasteiger partial charge in [-0.3, -0.25) is 9.89 Å². The summed E-state index contributed by atoms with van der Waals surface area (Å²) in [6.45, 7) is 14.2. The van der Waals surface area contributed by atoms with E-state index in [2.05, 4.69) is 47.8 Å². The fourth-order valence-electron chi connectivity index (χ4n) is 5.69. The maximum absolute atomic E-state index is 14.4. The summed E-state index contributed by atoms with van der Waals surface area (Å²) in [7, 11) is 1.57. The molecule has 0 spiro atoms. The summed E-state index contributed by atoms with van der Waals surface area (Å²) in [5.74, 6) is 0.241. The van der Waals surface area contributed by atoms with E-state index in [1.54, 1.807) is 25.2 Å². The normalized spacial score (nSPS) is 25.1. The number of carbonyl (C=O) groups excluding carboxylic acids is 1. The third-order valence-electron chi connectivity index (χ3n) is 8.27. The van der Waals surface area contributed by atoms with Crippen molar-refractivity contribution in [2.24, 2.45) is 27.0 Å². The highest BCUT2D eigenvalue weighted by Gasteiger charge is 2.58. The van der Waals surface area contributed by atoms with Crippen LogP contribution in [0.25, 0.3) is 5.70 Å². The zero-order chi connectivity index (χ0) is 24.7. The summed E-state index contributed by atoms with van der Waals surface area (Å²) in [5.41, 5.74) is 3.13. The van der Waals surface area contributed by atoms with Crippen molar-refractivity contribution in [1.82, 2.24) is 15.1 Å². The first kappa shape index (κ1) is 24.0. The predicted molar refractivity (Wildman–Crippen MR) is 132 cm³/mol. The van der Waals surface area contributed by atoms with E-state index < -0.39 is 5.41 Å². The molecule has 1 aliphatic carbocycles. The molecule has 0 unspecified atom stereocenters. The van der Waals surface area contributed by atoms with Crippen LogP contribution < -0.4 is 0 Å². The topological polar surface area (TPSA) is 73.7 Å². The second-order valence-corrected chi connectivity index (χ2v) is 10.4. The van der Waals surface area contributed by atoms with E-state index in [9.17, 15) is 9.18 Å². The molecule has 6 nitrogen and oxygen atoms in total. The maximum Gasteiger partial charge on any atom is 0.229 e. The Morgan fingerprint density at radius 3 is 2.62 bits per heavy atom. The minimum Gasteiger partial charge on any atom is -0.341 e. The molecule has 2 heterocycles. The van der Waals surface area contributed by atoms with E-state index in [1.165, 1.54) is 6.07 Å². The predicted octanol–water partition coefficient (Wildman–Crippen LogP) is 5.90. The Hall–Kier alpha value is -3.09. The number of likely N-dealkylation sites (tertiary alicyclic amines) is 1. The summed E-state index contributed by atoms with van der Waals surface area (Å²) >= 11 is 0. The number of aromatic amines is 1. The first-order valence-corrected chi connectivity index (χ1v) is 11.8. The zero-order valence-electron chi connectivity index (χ0n) is 20.7. The number of aromatic nitrogens is 2. The van der Waals surface area contributed by atoms with Gasteiger partial charge in [0.15, 0.2) is 0 Å². The van der Waals surface area contributed by atoms with Gasteiger partial charge in [0.1, 0.15) is 5.82 Å². The number of amides is 1. The van der Waals surface area contributed by atoms with Crippen LogP contribution in [0.1, 0.15) is 56.4 Å². The summed E-state index contributed by atoms with van der Waals surface area (Å²) in [6, 6.07) is 6.54. The van der Waals surface area contributed by atoms with Gasteiger partial charge in [0.2, 0.25) is 5.91 Å². The highest BCUT2D eigenvalue weighted by Crippen LogP contribution is 2.59. The Kier molecular flexibility index (Phi) is 6.32. The molecular weight excluding hydrogens is 429 g/mol. The fourth-order valence-corrected chi connectivity index (χ4v) is 5.69. The van der Waals surface area contributed by atoms with Gasteiger partial charge in [-0.2, -0.15) is 15.3 Å². The van der Waals surface area contributed by atoms with Crippen LogP contribution in [0, 0.1) is 29.5 Å². The van der Waals surface area contributed by atoms with E-state index >= 15 is 0 Å².